The van der Waals surface area contributed by atoms with Crippen molar-refractivity contribution in [2.24, 2.45) is 11.8 Å². The standard InChI is InChI=1S/C28H28ClF3N6O2/c29-20-8-21-18(11-34-37-21)22-17(20)5-1-2-7-39-13-15-4-3-6-38(12-15)26-19-10-33-25(22)23(30)24(19)35-27(36-26)40-14-16-9-28(16,31)32/h8,10-11,15-16H,1-7,9,12-14H2,(H,34,37). The summed E-state index contributed by atoms with van der Waals surface area (Å²) in [5, 5.41) is 8.70. The molecular formula is C28H28ClF3N6O2. The SMILES string of the molecule is Fc1c2ncc3c(nc(OCC4CC4(F)F)nc13)N1CCCC(COCCCCc3c(Cl)cc4[nH]ncc4c3-2)C1. The molecule has 8 rings (SSSR count). The summed E-state index contributed by atoms with van der Waals surface area (Å²) in [4.78, 5) is 15.7. The predicted octanol–water partition coefficient (Wildman–Crippen LogP) is 5.96. The number of fused-ring (bicyclic) bond motifs is 7. The third-order valence-corrected chi connectivity index (χ3v) is 8.52. The van der Waals surface area contributed by atoms with Gasteiger partial charge in [-0.2, -0.15) is 15.1 Å². The molecule has 1 aliphatic carbocycles. The van der Waals surface area contributed by atoms with Crippen molar-refractivity contribution in [3.63, 3.8) is 0 Å². The molecule has 1 saturated carbocycles. The van der Waals surface area contributed by atoms with Crippen molar-refractivity contribution < 1.29 is 22.6 Å². The van der Waals surface area contributed by atoms with Gasteiger partial charge in [0.1, 0.15) is 23.6 Å². The molecule has 0 spiro atoms. The molecule has 40 heavy (non-hydrogen) atoms. The lowest BCUT2D eigenvalue weighted by Gasteiger charge is -2.34. The van der Waals surface area contributed by atoms with Gasteiger partial charge in [0.2, 0.25) is 0 Å². The molecule has 4 aromatic rings. The van der Waals surface area contributed by atoms with Gasteiger partial charge in [-0.25, -0.2) is 13.2 Å². The molecule has 2 fully saturated rings. The number of hydrogen-bond acceptors (Lipinski definition) is 7. The summed E-state index contributed by atoms with van der Waals surface area (Å²) in [5.41, 5.74) is 2.12. The van der Waals surface area contributed by atoms with E-state index in [0.717, 1.165) is 31.2 Å². The topological polar surface area (TPSA) is 89.0 Å². The first-order valence-corrected chi connectivity index (χ1v) is 14.1. The Labute approximate surface area is 233 Å². The number of piperidine rings is 1. The maximum atomic E-state index is 16.6. The molecule has 0 radical (unpaired) electrons. The van der Waals surface area contributed by atoms with E-state index in [1.807, 2.05) is 0 Å². The molecule has 12 heteroatoms. The summed E-state index contributed by atoms with van der Waals surface area (Å²) in [6.07, 6.45) is 7.18. The molecule has 6 heterocycles. The number of nitrogens with zero attached hydrogens (tertiary/aromatic N) is 5. The summed E-state index contributed by atoms with van der Waals surface area (Å²) in [6, 6.07) is 1.67. The first kappa shape index (κ1) is 25.8. The van der Waals surface area contributed by atoms with Gasteiger partial charge < -0.3 is 14.4 Å². The summed E-state index contributed by atoms with van der Waals surface area (Å²) in [7, 11) is 0. The highest BCUT2D eigenvalue weighted by Gasteiger charge is 2.57. The number of rotatable bonds is 3. The summed E-state index contributed by atoms with van der Waals surface area (Å²) in [5.74, 6) is -3.51. The van der Waals surface area contributed by atoms with Crippen LogP contribution in [0.2, 0.25) is 5.02 Å². The molecular weight excluding hydrogens is 545 g/mol. The molecule has 6 bridgehead atoms. The molecule has 0 amide bonds. The molecule has 1 saturated heterocycles. The van der Waals surface area contributed by atoms with Crippen molar-refractivity contribution in [2.75, 3.05) is 37.8 Å². The number of H-pyrrole nitrogens is 1. The summed E-state index contributed by atoms with van der Waals surface area (Å²) < 4.78 is 55.4. The molecule has 1 N–H and O–H groups in total. The fourth-order valence-electron chi connectivity index (χ4n) is 5.89. The average molecular weight is 573 g/mol. The van der Waals surface area contributed by atoms with E-state index in [0.29, 0.717) is 65.4 Å². The Morgan fingerprint density at radius 3 is 2.90 bits per heavy atom. The first-order chi connectivity index (χ1) is 19.4. The van der Waals surface area contributed by atoms with E-state index in [2.05, 4.69) is 30.0 Å². The number of anilines is 1. The average Bonchev–Trinajstić information content (AvgIpc) is 3.30. The smallest absolute Gasteiger partial charge is 0.319 e. The first-order valence-electron chi connectivity index (χ1n) is 13.7. The van der Waals surface area contributed by atoms with Gasteiger partial charge in [0.05, 0.1) is 29.6 Å². The third-order valence-electron chi connectivity index (χ3n) is 8.19. The van der Waals surface area contributed by atoms with E-state index in [1.54, 1.807) is 18.5 Å². The second-order valence-corrected chi connectivity index (χ2v) is 11.4. The van der Waals surface area contributed by atoms with Gasteiger partial charge in [-0.3, -0.25) is 10.1 Å². The number of alkyl halides is 2. The molecule has 3 aromatic heterocycles. The van der Waals surface area contributed by atoms with Crippen LogP contribution in [0.1, 0.15) is 37.7 Å². The van der Waals surface area contributed by atoms with Gasteiger partial charge >= 0.3 is 6.01 Å². The number of halogens is 4. The highest BCUT2D eigenvalue weighted by atomic mass is 35.5. The number of hydrogen-bond donors (Lipinski definition) is 1. The number of pyridine rings is 1. The van der Waals surface area contributed by atoms with Crippen molar-refractivity contribution in [3.8, 4) is 17.3 Å². The van der Waals surface area contributed by atoms with Crippen LogP contribution in [0, 0.1) is 17.7 Å². The van der Waals surface area contributed by atoms with Crippen LogP contribution in [0.25, 0.3) is 33.1 Å². The van der Waals surface area contributed by atoms with Crippen molar-refractivity contribution in [1.29, 1.82) is 0 Å². The fourth-order valence-corrected chi connectivity index (χ4v) is 6.19. The molecule has 2 unspecified atom stereocenters. The second kappa shape index (κ2) is 10.0. The predicted molar refractivity (Wildman–Crippen MR) is 145 cm³/mol. The van der Waals surface area contributed by atoms with Crippen LogP contribution in [0.15, 0.2) is 18.5 Å². The van der Waals surface area contributed by atoms with Crippen molar-refractivity contribution in [3.05, 3.63) is 34.9 Å². The Balaban J connectivity index is 1.42. The molecule has 4 aliphatic rings. The lowest BCUT2D eigenvalue weighted by Crippen LogP contribution is -2.38. The second-order valence-electron chi connectivity index (χ2n) is 11.0. The monoisotopic (exact) mass is 572 g/mol. The minimum Gasteiger partial charge on any atom is -0.463 e. The van der Waals surface area contributed by atoms with Crippen LogP contribution in [-0.4, -0.2) is 64.0 Å². The van der Waals surface area contributed by atoms with Crippen LogP contribution in [-0.2, 0) is 11.2 Å². The number of nitrogens with one attached hydrogen (secondary N) is 1. The summed E-state index contributed by atoms with van der Waals surface area (Å²) >= 11 is 6.73. The zero-order chi connectivity index (χ0) is 27.4. The Kier molecular flexibility index (Phi) is 6.46. The lowest BCUT2D eigenvalue weighted by atomic mass is 9.95. The number of ether oxygens (including phenoxy) is 2. The normalized spacial score (nSPS) is 22.6. The van der Waals surface area contributed by atoms with Gasteiger partial charge in [0, 0.05) is 48.3 Å². The molecule has 8 nitrogen and oxygen atoms in total. The largest absolute Gasteiger partial charge is 0.463 e. The van der Waals surface area contributed by atoms with Crippen LogP contribution < -0.4 is 9.64 Å². The van der Waals surface area contributed by atoms with Gasteiger partial charge in [-0.15, -0.1) is 0 Å². The van der Waals surface area contributed by atoms with E-state index in [-0.39, 0.29) is 36.2 Å². The van der Waals surface area contributed by atoms with Gasteiger partial charge in [0.15, 0.2) is 5.82 Å². The Morgan fingerprint density at radius 1 is 1.18 bits per heavy atom. The number of benzene rings is 1. The van der Waals surface area contributed by atoms with Crippen molar-refractivity contribution >= 4 is 39.2 Å². The van der Waals surface area contributed by atoms with E-state index in [1.165, 1.54) is 0 Å². The van der Waals surface area contributed by atoms with Gasteiger partial charge in [-0.05, 0) is 49.7 Å². The van der Waals surface area contributed by atoms with E-state index >= 15 is 4.39 Å². The molecule has 3 aliphatic heterocycles. The van der Waals surface area contributed by atoms with Crippen LogP contribution in [0.4, 0.5) is 19.0 Å². The van der Waals surface area contributed by atoms with Crippen LogP contribution >= 0.6 is 11.6 Å². The Morgan fingerprint density at radius 2 is 2.05 bits per heavy atom. The zero-order valence-electron chi connectivity index (χ0n) is 21.7. The van der Waals surface area contributed by atoms with Gasteiger partial charge in [0.25, 0.3) is 5.92 Å². The van der Waals surface area contributed by atoms with E-state index in [4.69, 9.17) is 21.1 Å². The number of aromatic amines is 1. The number of aromatic nitrogens is 5. The van der Waals surface area contributed by atoms with E-state index < -0.39 is 17.7 Å². The van der Waals surface area contributed by atoms with E-state index in [9.17, 15) is 8.78 Å². The quantitative estimate of drug-likeness (QED) is 0.324. The highest BCUT2D eigenvalue weighted by Crippen LogP contribution is 2.48. The summed E-state index contributed by atoms with van der Waals surface area (Å²) in [6.45, 7) is 2.38. The van der Waals surface area contributed by atoms with Crippen molar-refractivity contribution in [2.45, 2.75) is 44.4 Å². The van der Waals surface area contributed by atoms with Crippen LogP contribution in [0.5, 0.6) is 6.01 Å². The minimum atomic E-state index is -2.74. The fraction of sp³-hybridized carbons (Fsp3) is 0.500. The van der Waals surface area contributed by atoms with Crippen LogP contribution in [0.3, 0.4) is 0 Å². The van der Waals surface area contributed by atoms with Gasteiger partial charge in [-0.1, -0.05) is 11.6 Å². The zero-order valence-corrected chi connectivity index (χ0v) is 22.5. The Bertz CT molecular complexity index is 1600. The highest BCUT2D eigenvalue weighted by molar-refractivity contribution is 6.33. The third kappa shape index (κ3) is 4.62. The molecule has 210 valence electrons. The maximum Gasteiger partial charge on any atom is 0.319 e. The molecule has 2 atom stereocenters. The molecule has 1 aromatic carbocycles. The Hall–Kier alpha value is -3.18. The minimum absolute atomic E-state index is 0.0283. The van der Waals surface area contributed by atoms with Crippen molar-refractivity contribution in [1.82, 2.24) is 25.1 Å². The lowest BCUT2D eigenvalue weighted by molar-refractivity contribution is 0.0842. The maximum absolute atomic E-state index is 16.6.